The van der Waals surface area contributed by atoms with Gasteiger partial charge in [-0.1, -0.05) is 23.4 Å². The molecule has 3 heteroatoms. The molecule has 1 aromatic heterocycles. The van der Waals surface area contributed by atoms with Crippen LogP contribution in [0.5, 0.6) is 5.75 Å². The second kappa shape index (κ2) is 3.96. The fourth-order valence-electron chi connectivity index (χ4n) is 1.32. The highest BCUT2D eigenvalue weighted by atomic mass is 16.5. The highest BCUT2D eigenvalue weighted by Crippen LogP contribution is 2.29. The van der Waals surface area contributed by atoms with E-state index in [-0.39, 0.29) is 0 Å². The molecule has 0 N–H and O–H groups in total. The lowest BCUT2D eigenvalue weighted by Crippen LogP contribution is -1.92. The summed E-state index contributed by atoms with van der Waals surface area (Å²) in [7, 11) is 0. The smallest absolute Gasteiger partial charge is 0.131 e. The first-order valence-corrected chi connectivity index (χ1v) is 4.53. The molecule has 0 spiro atoms. The molecule has 0 bridgehead atoms. The van der Waals surface area contributed by atoms with Crippen LogP contribution in [-0.2, 0) is 0 Å². The molecular formula is C11H11NO2. The van der Waals surface area contributed by atoms with Crippen LogP contribution in [0.1, 0.15) is 6.92 Å². The molecule has 0 aliphatic carbocycles. The van der Waals surface area contributed by atoms with Crippen molar-refractivity contribution in [3.05, 3.63) is 36.7 Å². The van der Waals surface area contributed by atoms with Gasteiger partial charge in [0, 0.05) is 11.1 Å². The second-order valence-electron chi connectivity index (χ2n) is 2.84. The summed E-state index contributed by atoms with van der Waals surface area (Å²) < 4.78 is 10.3. The Labute approximate surface area is 82.3 Å². The third-order valence-electron chi connectivity index (χ3n) is 1.93. The normalized spacial score (nSPS) is 10.1. The number of hydrogen-bond acceptors (Lipinski definition) is 3. The highest BCUT2D eigenvalue weighted by molar-refractivity contribution is 5.68. The van der Waals surface area contributed by atoms with Crippen LogP contribution in [0, 0.1) is 0 Å². The Hall–Kier alpha value is -1.77. The number of aromatic nitrogens is 1. The van der Waals surface area contributed by atoms with E-state index in [2.05, 4.69) is 5.16 Å². The highest BCUT2D eigenvalue weighted by Gasteiger charge is 2.06. The van der Waals surface area contributed by atoms with Crippen LogP contribution < -0.4 is 4.74 Å². The molecular weight excluding hydrogens is 178 g/mol. The third kappa shape index (κ3) is 1.62. The van der Waals surface area contributed by atoms with Gasteiger partial charge in [-0.05, 0) is 13.0 Å². The minimum Gasteiger partial charge on any atom is -0.493 e. The molecule has 0 saturated carbocycles. The average Bonchev–Trinajstić information content (AvgIpc) is 2.72. The van der Waals surface area contributed by atoms with Crippen LogP contribution >= 0.6 is 0 Å². The first kappa shape index (κ1) is 8.81. The van der Waals surface area contributed by atoms with Crippen LogP contribution in [0.25, 0.3) is 11.1 Å². The summed E-state index contributed by atoms with van der Waals surface area (Å²) in [5, 5.41) is 3.67. The Morgan fingerprint density at radius 1 is 1.36 bits per heavy atom. The van der Waals surface area contributed by atoms with Gasteiger partial charge in [-0.15, -0.1) is 0 Å². The molecule has 0 radical (unpaired) electrons. The van der Waals surface area contributed by atoms with E-state index in [9.17, 15) is 0 Å². The van der Waals surface area contributed by atoms with E-state index in [1.165, 1.54) is 0 Å². The molecule has 14 heavy (non-hydrogen) atoms. The fourth-order valence-corrected chi connectivity index (χ4v) is 1.32. The van der Waals surface area contributed by atoms with E-state index < -0.39 is 0 Å². The van der Waals surface area contributed by atoms with Gasteiger partial charge in [0.1, 0.15) is 12.0 Å². The van der Waals surface area contributed by atoms with Crippen molar-refractivity contribution in [2.75, 3.05) is 6.61 Å². The molecule has 0 atom stereocenters. The quantitative estimate of drug-likeness (QED) is 0.744. The number of benzene rings is 1. The van der Waals surface area contributed by atoms with Crippen LogP contribution in [0.15, 0.2) is 41.2 Å². The summed E-state index contributed by atoms with van der Waals surface area (Å²) in [5.41, 5.74) is 1.95. The minimum atomic E-state index is 0.655. The van der Waals surface area contributed by atoms with Gasteiger partial charge in [0.25, 0.3) is 0 Å². The number of rotatable bonds is 3. The Bertz CT molecular complexity index is 395. The molecule has 0 saturated heterocycles. The van der Waals surface area contributed by atoms with Gasteiger partial charge in [0.05, 0.1) is 12.8 Å². The zero-order valence-corrected chi connectivity index (χ0v) is 7.93. The molecule has 3 nitrogen and oxygen atoms in total. The maximum atomic E-state index is 5.49. The van der Waals surface area contributed by atoms with Crippen molar-refractivity contribution in [2.24, 2.45) is 0 Å². The summed E-state index contributed by atoms with van der Waals surface area (Å²) in [6.45, 7) is 2.62. The SMILES string of the molecule is CCOc1ccccc1-c1cnoc1. The average molecular weight is 189 g/mol. The summed E-state index contributed by atoms with van der Waals surface area (Å²) in [6.07, 6.45) is 3.29. The van der Waals surface area contributed by atoms with Gasteiger partial charge in [-0.2, -0.15) is 0 Å². The van der Waals surface area contributed by atoms with Gasteiger partial charge >= 0.3 is 0 Å². The summed E-state index contributed by atoms with van der Waals surface area (Å²) in [6, 6.07) is 7.83. The summed E-state index contributed by atoms with van der Waals surface area (Å²) in [4.78, 5) is 0. The molecule has 1 heterocycles. The van der Waals surface area contributed by atoms with E-state index in [0.29, 0.717) is 6.61 Å². The lowest BCUT2D eigenvalue weighted by Gasteiger charge is -2.07. The molecule has 0 amide bonds. The van der Waals surface area contributed by atoms with Crippen LogP contribution in [0.4, 0.5) is 0 Å². The van der Waals surface area contributed by atoms with E-state index in [0.717, 1.165) is 16.9 Å². The molecule has 1 aromatic carbocycles. The van der Waals surface area contributed by atoms with Gasteiger partial charge in [-0.3, -0.25) is 0 Å². The molecule has 2 aromatic rings. The van der Waals surface area contributed by atoms with E-state index >= 15 is 0 Å². The van der Waals surface area contributed by atoms with Gasteiger partial charge < -0.3 is 9.26 Å². The summed E-state index contributed by atoms with van der Waals surface area (Å²) in [5.74, 6) is 0.859. The van der Waals surface area contributed by atoms with Gasteiger partial charge in [-0.25, -0.2) is 0 Å². The Morgan fingerprint density at radius 2 is 2.21 bits per heavy atom. The van der Waals surface area contributed by atoms with E-state index in [1.54, 1.807) is 12.5 Å². The Morgan fingerprint density at radius 3 is 2.93 bits per heavy atom. The number of ether oxygens (including phenoxy) is 1. The molecule has 0 fully saturated rings. The summed E-state index contributed by atoms with van der Waals surface area (Å²) >= 11 is 0. The largest absolute Gasteiger partial charge is 0.493 e. The maximum Gasteiger partial charge on any atom is 0.131 e. The monoisotopic (exact) mass is 189 g/mol. The Kier molecular flexibility index (Phi) is 2.49. The standard InChI is InChI=1S/C11H11NO2/c1-2-13-11-6-4-3-5-10(11)9-7-12-14-8-9/h3-8H,2H2,1H3. The van der Waals surface area contributed by atoms with Crippen molar-refractivity contribution in [1.82, 2.24) is 5.16 Å². The van der Waals surface area contributed by atoms with Crippen molar-refractivity contribution in [3.63, 3.8) is 0 Å². The van der Waals surface area contributed by atoms with E-state index in [1.807, 2.05) is 31.2 Å². The topological polar surface area (TPSA) is 35.3 Å². The van der Waals surface area contributed by atoms with E-state index in [4.69, 9.17) is 9.26 Å². The number of para-hydroxylation sites is 1. The molecule has 0 aliphatic rings. The lowest BCUT2D eigenvalue weighted by atomic mass is 10.1. The third-order valence-corrected chi connectivity index (χ3v) is 1.93. The second-order valence-corrected chi connectivity index (χ2v) is 2.84. The van der Waals surface area contributed by atoms with Crippen molar-refractivity contribution in [3.8, 4) is 16.9 Å². The predicted octanol–water partition coefficient (Wildman–Crippen LogP) is 2.74. The van der Waals surface area contributed by atoms with Gasteiger partial charge in [0.2, 0.25) is 0 Å². The van der Waals surface area contributed by atoms with Gasteiger partial charge in [0.15, 0.2) is 0 Å². The van der Waals surface area contributed by atoms with Crippen molar-refractivity contribution in [2.45, 2.75) is 6.92 Å². The van der Waals surface area contributed by atoms with Crippen LogP contribution in [0.2, 0.25) is 0 Å². The maximum absolute atomic E-state index is 5.49. The van der Waals surface area contributed by atoms with Crippen molar-refractivity contribution in [1.29, 1.82) is 0 Å². The molecule has 0 aliphatic heterocycles. The molecule has 0 unspecified atom stereocenters. The van der Waals surface area contributed by atoms with Crippen molar-refractivity contribution < 1.29 is 9.26 Å². The number of nitrogens with zero attached hydrogens (tertiary/aromatic N) is 1. The Balaban J connectivity index is 2.42. The van der Waals surface area contributed by atoms with Crippen molar-refractivity contribution >= 4 is 0 Å². The zero-order chi connectivity index (χ0) is 9.80. The lowest BCUT2D eigenvalue weighted by molar-refractivity contribution is 0.341. The number of hydrogen-bond donors (Lipinski definition) is 0. The first-order valence-electron chi connectivity index (χ1n) is 4.53. The molecule has 72 valence electrons. The molecule has 2 rings (SSSR count). The van der Waals surface area contributed by atoms with Crippen LogP contribution in [0.3, 0.4) is 0 Å². The first-order chi connectivity index (χ1) is 6.92. The van der Waals surface area contributed by atoms with Crippen LogP contribution in [-0.4, -0.2) is 11.8 Å². The minimum absolute atomic E-state index is 0.655. The predicted molar refractivity (Wildman–Crippen MR) is 53.1 cm³/mol. The fraction of sp³-hybridized carbons (Fsp3) is 0.182. The zero-order valence-electron chi connectivity index (χ0n) is 7.93.